The van der Waals surface area contributed by atoms with E-state index in [1.165, 1.54) is 32.0 Å². The molecular formula is C16H22N2O6S. The number of aliphatic carboxylic acids is 1. The molecule has 1 N–H and O–H groups in total. The quantitative estimate of drug-likeness (QED) is 0.852. The van der Waals surface area contributed by atoms with Crippen LogP contribution in [0.4, 0.5) is 0 Å². The van der Waals surface area contributed by atoms with Gasteiger partial charge in [0, 0.05) is 33.3 Å². The van der Waals surface area contributed by atoms with Gasteiger partial charge in [0.1, 0.15) is 10.7 Å². The zero-order valence-corrected chi connectivity index (χ0v) is 15.3. The Bertz CT molecular complexity index is 828. The summed E-state index contributed by atoms with van der Waals surface area (Å²) in [7, 11) is -0.901. The van der Waals surface area contributed by atoms with Crippen molar-refractivity contribution in [1.82, 2.24) is 9.21 Å². The smallest absolute Gasteiger partial charge is 0.311 e. The van der Waals surface area contributed by atoms with Gasteiger partial charge in [-0.15, -0.1) is 0 Å². The molecule has 2 aliphatic rings. The summed E-state index contributed by atoms with van der Waals surface area (Å²) in [6, 6.07) is 1.23. The minimum absolute atomic E-state index is 0.0480. The topological polar surface area (TPSA) is 108 Å². The number of likely N-dealkylation sites (tertiary alicyclic amines) is 1. The van der Waals surface area contributed by atoms with Gasteiger partial charge >= 0.3 is 5.97 Å². The van der Waals surface area contributed by atoms with Crippen LogP contribution in [0.2, 0.25) is 0 Å². The molecule has 0 bridgehead atoms. The van der Waals surface area contributed by atoms with Crippen LogP contribution in [-0.2, 0) is 14.8 Å². The number of hydrogen-bond donors (Lipinski definition) is 1. The molecule has 1 aliphatic heterocycles. The highest BCUT2D eigenvalue weighted by Crippen LogP contribution is 2.49. The van der Waals surface area contributed by atoms with Crippen LogP contribution in [0.1, 0.15) is 35.6 Å². The summed E-state index contributed by atoms with van der Waals surface area (Å²) in [6.07, 6.45) is 2.20. The van der Waals surface area contributed by atoms with Crippen molar-refractivity contribution in [1.29, 1.82) is 0 Å². The molecule has 138 valence electrons. The fraction of sp³-hybridized carbons (Fsp3) is 0.625. The predicted molar refractivity (Wildman–Crippen MR) is 87.6 cm³/mol. The molecule has 1 amide bonds. The lowest BCUT2D eigenvalue weighted by molar-refractivity contribution is -0.149. The van der Waals surface area contributed by atoms with E-state index in [9.17, 15) is 23.1 Å². The predicted octanol–water partition coefficient (Wildman–Crippen LogP) is 1.17. The van der Waals surface area contributed by atoms with Gasteiger partial charge in [-0.2, -0.15) is 0 Å². The molecule has 2 heterocycles. The fourth-order valence-electron chi connectivity index (χ4n) is 3.97. The summed E-state index contributed by atoms with van der Waals surface area (Å²) >= 11 is 0. The van der Waals surface area contributed by atoms with Gasteiger partial charge in [0.25, 0.3) is 5.91 Å². The molecule has 9 heteroatoms. The van der Waals surface area contributed by atoms with Gasteiger partial charge in [0.05, 0.1) is 5.41 Å². The zero-order valence-electron chi connectivity index (χ0n) is 14.5. The van der Waals surface area contributed by atoms with E-state index in [1.54, 1.807) is 0 Å². The average Bonchev–Trinajstić information content (AvgIpc) is 3.17. The van der Waals surface area contributed by atoms with Crippen molar-refractivity contribution in [2.75, 3.05) is 27.2 Å². The van der Waals surface area contributed by atoms with E-state index < -0.39 is 27.3 Å². The van der Waals surface area contributed by atoms with E-state index in [0.717, 1.165) is 17.1 Å². The third kappa shape index (κ3) is 2.65. The lowest BCUT2D eigenvalue weighted by Gasteiger charge is -2.22. The molecule has 1 aliphatic carbocycles. The minimum Gasteiger partial charge on any atom is -0.481 e. The molecule has 0 radical (unpaired) electrons. The number of sulfonamides is 1. The number of carboxylic acids is 1. The minimum atomic E-state index is -3.71. The Morgan fingerprint density at radius 2 is 2.08 bits per heavy atom. The molecule has 25 heavy (non-hydrogen) atoms. The van der Waals surface area contributed by atoms with Crippen molar-refractivity contribution < 1.29 is 27.5 Å². The molecule has 1 aromatic rings. The first-order chi connectivity index (χ1) is 11.6. The summed E-state index contributed by atoms with van der Waals surface area (Å²) in [5.41, 5.74) is -0.879. The Balaban J connectivity index is 1.88. The van der Waals surface area contributed by atoms with Crippen LogP contribution in [0, 0.1) is 18.3 Å². The van der Waals surface area contributed by atoms with Crippen LogP contribution < -0.4 is 0 Å². The zero-order chi connectivity index (χ0) is 18.6. The van der Waals surface area contributed by atoms with Gasteiger partial charge in [-0.25, -0.2) is 12.7 Å². The van der Waals surface area contributed by atoms with Crippen LogP contribution in [0.15, 0.2) is 15.4 Å². The summed E-state index contributed by atoms with van der Waals surface area (Å²) < 4.78 is 31.0. The third-order valence-corrected chi connectivity index (χ3v) is 7.35. The van der Waals surface area contributed by atoms with Crippen LogP contribution in [-0.4, -0.2) is 61.8 Å². The molecule has 0 unspecified atom stereocenters. The molecule has 1 saturated carbocycles. The molecular weight excluding hydrogens is 348 g/mol. The van der Waals surface area contributed by atoms with E-state index in [0.29, 0.717) is 13.0 Å². The van der Waals surface area contributed by atoms with Gasteiger partial charge in [-0.05, 0) is 25.7 Å². The highest BCUT2D eigenvalue weighted by molar-refractivity contribution is 7.89. The Morgan fingerprint density at radius 1 is 1.40 bits per heavy atom. The number of nitrogens with zero attached hydrogens (tertiary/aromatic N) is 2. The number of rotatable bonds is 4. The molecule has 2 atom stereocenters. The van der Waals surface area contributed by atoms with Gasteiger partial charge in [0.15, 0.2) is 5.76 Å². The number of aryl methyl sites for hydroxylation is 1. The number of carboxylic acid groups (broad SMARTS) is 1. The Hall–Kier alpha value is -1.87. The number of carbonyl (C=O) groups excluding carboxylic acids is 1. The molecule has 8 nitrogen and oxygen atoms in total. The summed E-state index contributed by atoms with van der Waals surface area (Å²) in [4.78, 5) is 25.9. The SMILES string of the molecule is Cc1oc(C(=O)N2C[C@@H]3CCC[C@@]3(C(=O)O)C2)cc1S(=O)(=O)N(C)C. The van der Waals surface area contributed by atoms with Gasteiger partial charge < -0.3 is 14.4 Å². The number of hydrogen-bond acceptors (Lipinski definition) is 5. The van der Waals surface area contributed by atoms with Crippen molar-refractivity contribution in [2.45, 2.75) is 31.1 Å². The van der Waals surface area contributed by atoms with Crippen LogP contribution in [0.3, 0.4) is 0 Å². The second kappa shape index (κ2) is 5.84. The highest BCUT2D eigenvalue weighted by atomic mass is 32.2. The monoisotopic (exact) mass is 370 g/mol. The lowest BCUT2D eigenvalue weighted by atomic mass is 9.81. The van der Waals surface area contributed by atoms with E-state index in [2.05, 4.69) is 0 Å². The number of furan rings is 1. The first kappa shape index (κ1) is 17.9. The number of amides is 1. The van der Waals surface area contributed by atoms with Crippen molar-refractivity contribution in [3.63, 3.8) is 0 Å². The van der Waals surface area contributed by atoms with Gasteiger partial charge in [0.2, 0.25) is 10.0 Å². The van der Waals surface area contributed by atoms with Gasteiger partial charge in [-0.1, -0.05) is 6.42 Å². The molecule has 0 aromatic carbocycles. The maximum Gasteiger partial charge on any atom is 0.311 e. The van der Waals surface area contributed by atoms with Gasteiger partial charge in [-0.3, -0.25) is 9.59 Å². The van der Waals surface area contributed by atoms with Crippen LogP contribution in [0.25, 0.3) is 0 Å². The molecule has 1 aromatic heterocycles. The second-order valence-corrected chi connectivity index (χ2v) is 9.17. The van der Waals surface area contributed by atoms with E-state index in [-0.39, 0.29) is 28.9 Å². The van der Waals surface area contributed by atoms with E-state index >= 15 is 0 Å². The fourth-order valence-corrected chi connectivity index (χ4v) is 5.03. The first-order valence-corrected chi connectivity index (χ1v) is 9.59. The molecule has 0 spiro atoms. The Kier molecular flexibility index (Phi) is 4.19. The van der Waals surface area contributed by atoms with Crippen molar-refractivity contribution in [3.05, 3.63) is 17.6 Å². The second-order valence-electron chi connectivity index (χ2n) is 7.05. The van der Waals surface area contributed by atoms with Crippen molar-refractivity contribution in [3.8, 4) is 0 Å². The number of fused-ring (bicyclic) bond motifs is 1. The van der Waals surface area contributed by atoms with E-state index in [4.69, 9.17) is 4.42 Å². The summed E-state index contributed by atoms with van der Waals surface area (Å²) in [6.45, 7) is 1.99. The highest BCUT2D eigenvalue weighted by Gasteiger charge is 2.56. The summed E-state index contributed by atoms with van der Waals surface area (Å²) in [5.74, 6) is -1.31. The van der Waals surface area contributed by atoms with Crippen LogP contribution >= 0.6 is 0 Å². The average molecular weight is 370 g/mol. The van der Waals surface area contributed by atoms with Crippen molar-refractivity contribution in [2.24, 2.45) is 11.3 Å². The number of carbonyl (C=O) groups is 2. The third-order valence-electron chi connectivity index (χ3n) is 5.43. The van der Waals surface area contributed by atoms with Crippen LogP contribution in [0.5, 0.6) is 0 Å². The normalized spacial score (nSPS) is 26.2. The Morgan fingerprint density at radius 3 is 2.64 bits per heavy atom. The lowest BCUT2D eigenvalue weighted by Crippen LogP contribution is -2.37. The van der Waals surface area contributed by atoms with Crippen molar-refractivity contribution >= 4 is 21.9 Å². The maximum atomic E-state index is 12.7. The first-order valence-electron chi connectivity index (χ1n) is 8.15. The summed E-state index contributed by atoms with van der Waals surface area (Å²) in [5, 5.41) is 9.61. The largest absolute Gasteiger partial charge is 0.481 e. The van der Waals surface area contributed by atoms with E-state index in [1.807, 2.05) is 0 Å². The standard InChI is InChI=1S/C16H22N2O6S/c1-10-13(25(22,23)17(2)3)7-12(24-10)14(19)18-8-11-5-4-6-16(11,9-18)15(20)21/h7,11H,4-6,8-9H2,1-3H3,(H,20,21)/t11-,16+/m0/s1. The Labute approximate surface area is 146 Å². The maximum absolute atomic E-state index is 12.7. The molecule has 3 rings (SSSR count). The molecule has 2 fully saturated rings. The molecule has 1 saturated heterocycles.